The number of benzene rings is 1. The third-order valence-corrected chi connectivity index (χ3v) is 4.67. The Morgan fingerprint density at radius 1 is 1.18 bits per heavy atom. The quantitative estimate of drug-likeness (QED) is 0.774. The van der Waals surface area contributed by atoms with Crippen molar-refractivity contribution in [1.29, 1.82) is 0 Å². The van der Waals surface area contributed by atoms with Gasteiger partial charge in [0.15, 0.2) is 0 Å². The number of rotatable bonds is 1. The Bertz CT molecular complexity index is 614. The van der Waals surface area contributed by atoms with E-state index in [-0.39, 0.29) is 5.56 Å². The Morgan fingerprint density at radius 3 is 2.71 bits per heavy atom. The Labute approximate surface area is 109 Å². The molecule has 1 aromatic heterocycles. The molecule has 0 radical (unpaired) electrons. The number of aromatic nitrogens is 1. The van der Waals surface area contributed by atoms with Gasteiger partial charge in [0.05, 0.1) is 10.7 Å². The summed E-state index contributed by atoms with van der Waals surface area (Å²) in [5.74, 6) is 0. The minimum absolute atomic E-state index is 0.123. The third kappa shape index (κ3) is 1.83. The van der Waals surface area contributed by atoms with Crippen LogP contribution in [-0.4, -0.2) is 3.96 Å². The first-order chi connectivity index (χ1) is 8.27. The number of hydrogen-bond donors (Lipinski definition) is 0. The van der Waals surface area contributed by atoms with E-state index in [0.29, 0.717) is 5.02 Å². The third-order valence-electron chi connectivity index (χ3n) is 3.13. The van der Waals surface area contributed by atoms with Crippen molar-refractivity contribution < 1.29 is 0 Å². The summed E-state index contributed by atoms with van der Waals surface area (Å²) in [5, 5.41) is 0.633. The van der Waals surface area contributed by atoms with Crippen molar-refractivity contribution in [1.82, 2.24) is 3.96 Å². The molecule has 17 heavy (non-hydrogen) atoms. The fourth-order valence-electron chi connectivity index (χ4n) is 2.25. The van der Waals surface area contributed by atoms with Gasteiger partial charge in [0.2, 0.25) is 0 Å². The minimum atomic E-state index is 0.123. The van der Waals surface area contributed by atoms with Gasteiger partial charge in [0, 0.05) is 10.4 Å². The lowest BCUT2D eigenvalue weighted by molar-refractivity contribution is 0.692. The van der Waals surface area contributed by atoms with Crippen LogP contribution in [0.5, 0.6) is 0 Å². The molecule has 0 saturated heterocycles. The van der Waals surface area contributed by atoms with Crippen LogP contribution < -0.4 is 5.56 Å². The first kappa shape index (κ1) is 11.1. The van der Waals surface area contributed by atoms with Gasteiger partial charge in [-0.25, -0.2) is 3.96 Å². The van der Waals surface area contributed by atoms with Crippen LogP contribution in [0, 0.1) is 0 Å². The normalized spacial score (nSPS) is 14.6. The lowest BCUT2D eigenvalue weighted by Crippen LogP contribution is -2.17. The van der Waals surface area contributed by atoms with Crippen LogP contribution >= 0.6 is 23.1 Å². The molecule has 0 amide bonds. The molecule has 0 atom stereocenters. The number of aryl methyl sites for hydroxylation is 1. The van der Waals surface area contributed by atoms with E-state index in [0.717, 1.165) is 30.5 Å². The molecule has 1 aromatic carbocycles. The standard InChI is InChI=1S/C13H12ClNOS/c14-10-6-2-3-7-11(10)15-13(16)9-5-1-4-8-12(9)17-15/h2-3,6-7H,1,4-5,8H2. The second kappa shape index (κ2) is 4.31. The van der Waals surface area contributed by atoms with Crippen LogP contribution in [0.3, 0.4) is 0 Å². The van der Waals surface area contributed by atoms with Gasteiger partial charge in [-0.1, -0.05) is 35.3 Å². The van der Waals surface area contributed by atoms with E-state index in [1.807, 2.05) is 24.3 Å². The van der Waals surface area contributed by atoms with E-state index < -0.39 is 0 Å². The predicted octanol–water partition coefficient (Wildman–Crippen LogP) is 3.43. The number of nitrogens with zero attached hydrogens (tertiary/aromatic N) is 1. The average Bonchev–Trinajstić information content (AvgIpc) is 2.68. The van der Waals surface area contributed by atoms with Crippen molar-refractivity contribution in [3.8, 4) is 5.69 Å². The molecule has 3 rings (SSSR count). The van der Waals surface area contributed by atoms with E-state index in [2.05, 4.69) is 0 Å². The monoisotopic (exact) mass is 265 g/mol. The second-order valence-corrected chi connectivity index (χ2v) is 5.70. The van der Waals surface area contributed by atoms with Crippen molar-refractivity contribution in [2.24, 2.45) is 0 Å². The molecule has 0 spiro atoms. The summed E-state index contributed by atoms with van der Waals surface area (Å²) < 4.78 is 1.73. The zero-order valence-corrected chi connectivity index (χ0v) is 10.9. The molecule has 0 N–H and O–H groups in total. The average molecular weight is 266 g/mol. The number of halogens is 1. The van der Waals surface area contributed by atoms with Crippen molar-refractivity contribution in [2.45, 2.75) is 25.7 Å². The Balaban J connectivity index is 2.20. The lowest BCUT2D eigenvalue weighted by atomic mass is 10.00. The highest BCUT2D eigenvalue weighted by molar-refractivity contribution is 7.07. The van der Waals surface area contributed by atoms with Crippen LogP contribution in [0.25, 0.3) is 5.69 Å². The van der Waals surface area contributed by atoms with E-state index in [1.165, 1.54) is 11.3 Å². The maximum Gasteiger partial charge on any atom is 0.268 e. The summed E-state index contributed by atoms with van der Waals surface area (Å²) in [6, 6.07) is 7.50. The van der Waals surface area contributed by atoms with Crippen LogP contribution in [0.1, 0.15) is 23.3 Å². The fourth-order valence-corrected chi connectivity index (χ4v) is 3.73. The fraction of sp³-hybridized carbons (Fsp3) is 0.308. The molecule has 88 valence electrons. The zero-order valence-electron chi connectivity index (χ0n) is 9.28. The molecule has 1 aliphatic carbocycles. The first-order valence-electron chi connectivity index (χ1n) is 5.76. The van der Waals surface area contributed by atoms with Gasteiger partial charge in [-0.3, -0.25) is 4.79 Å². The maximum absolute atomic E-state index is 12.3. The van der Waals surface area contributed by atoms with Crippen LogP contribution in [-0.2, 0) is 12.8 Å². The molecule has 0 saturated carbocycles. The van der Waals surface area contributed by atoms with E-state index in [9.17, 15) is 4.79 Å². The first-order valence-corrected chi connectivity index (χ1v) is 6.91. The second-order valence-electron chi connectivity index (χ2n) is 4.25. The molecule has 1 aliphatic rings. The minimum Gasteiger partial charge on any atom is -0.268 e. The van der Waals surface area contributed by atoms with Crippen molar-refractivity contribution in [3.63, 3.8) is 0 Å². The van der Waals surface area contributed by atoms with E-state index in [4.69, 9.17) is 11.6 Å². The molecule has 2 aromatic rings. The summed E-state index contributed by atoms with van der Waals surface area (Å²) in [5.41, 5.74) is 1.93. The van der Waals surface area contributed by atoms with Crippen LogP contribution in [0.2, 0.25) is 5.02 Å². The zero-order chi connectivity index (χ0) is 11.8. The molecule has 2 nitrogen and oxygen atoms in total. The van der Waals surface area contributed by atoms with Crippen LogP contribution in [0.15, 0.2) is 29.1 Å². The molecular formula is C13H12ClNOS. The number of fused-ring (bicyclic) bond motifs is 1. The van der Waals surface area contributed by atoms with Gasteiger partial charge < -0.3 is 0 Å². The Kier molecular flexibility index (Phi) is 2.81. The maximum atomic E-state index is 12.3. The molecule has 1 heterocycles. The highest BCUT2D eigenvalue weighted by Gasteiger charge is 2.19. The highest BCUT2D eigenvalue weighted by Crippen LogP contribution is 2.27. The number of para-hydroxylation sites is 1. The van der Waals surface area contributed by atoms with Crippen molar-refractivity contribution >= 4 is 23.1 Å². The van der Waals surface area contributed by atoms with Gasteiger partial charge in [0.25, 0.3) is 5.56 Å². The molecule has 0 bridgehead atoms. The van der Waals surface area contributed by atoms with Gasteiger partial charge in [-0.2, -0.15) is 0 Å². The summed E-state index contributed by atoms with van der Waals surface area (Å²) >= 11 is 7.69. The van der Waals surface area contributed by atoms with Gasteiger partial charge in [-0.15, -0.1) is 0 Å². The molecule has 0 fully saturated rings. The molecule has 0 aliphatic heterocycles. The lowest BCUT2D eigenvalue weighted by Gasteiger charge is -2.06. The predicted molar refractivity (Wildman–Crippen MR) is 71.6 cm³/mol. The topological polar surface area (TPSA) is 22.0 Å². The molecular weight excluding hydrogens is 254 g/mol. The Morgan fingerprint density at radius 2 is 1.94 bits per heavy atom. The summed E-state index contributed by atoms with van der Waals surface area (Å²) in [6.07, 6.45) is 4.27. The molecule has 0 unspecified atom stereocenters. The van der Waals surface area contributed by atoms with Crippen molar-refractivity contribution in [3.05, 3.63) is 50.1 Å². The highest BCUT2D eigenvalue weighted by atomic mass is 35.5. The van der Waals surface area contributed by atoms with Crippen LogP contribution in [0.4, 0.5) is 0 Å². The molecule has 4 heteroatoms. The van der Waals surface area contributed by atoms with E-state index in [1.54, 1.807) is 15.5 Å². The van der Waals surface area contributed by atoms with Crippen molar-refractivity contribution in [2.75, 3.05) is 0 Å². The Hall–Kier alpha value is -1.06. The van der Waals surface area contributed by atoms with Gasteiger partial charge in [0.1, 0.15) is 0 Å². The van der Waals surface area contributed by atoms with Gasteiger partial charge in [-0.05, 0) is 37.8 Å². The summed E-state index contributed by atoms with van der Waals surface area (Å²) in [7, 11) is 0. The summed E-state index contributed by atoms with van der Waals surface area (Å²) in [6.45, 7) is 0. The van der Waals surface area contributed by atoms with E-state index >= 15 is 0 Å². The largest absolute Gasteiger partial charge is 0.268 e. The smallest absolute Gasteiger partial charge is 0.268 e. The van der Waals surface area contributed by atoms with Gasteiger partial charge >= 0.3 is 0 Å². The summed E-state index contributed by atoms with van der Waals surface area (Å²) in [4.78, 5) is 13.5. The SMILES string of the molecule is O=c1c2c(sn1-c1ccccc1Cl)CCCC2. The number of hydrogen-bond acceptors (Lipinski definition) is 2.